The summed E-state index contributed by atoms with van der Waals surface area (Å²) in [6, 6.07) is 22.4. The van der Waals surface area contributed by atoms with Crippen LogP contribution in [0.4, 0.5) is 10.5 Å². The number of para-hydroxylation sites is 1. The van der Waals surface area contributed by atoms with E-state index in [1.165, 1.54) is 0 Å². The average Bonchev–Trinajstić information content (AvgIpc) is 2.82. The van der Waals surface area contributed by atoms with Gasteiger partial charge < -0.3 is 20.1 Å². The number of carbonyl (C=O) groups is 1. The van der Waals surface area contributed by atoms with Gasteiger partial charge in [-0.2, -0.15) is 0 Å². The van der Waals surface area contributed by atoms with Crippen LogP contribution < -0.4 is 16.2 Å². The molecule has 1 aromatic heterocycles. The van der Waals surface area contributed by atoms with E-state index in [1.54, 1.807) is 23.7 Å². The minimum Gasteiger partial charge on any atom is -0.332 e. The van der Waals surface area contributed by atoms with Gasteiger partial charge in [0.15, 0.2) is 0 Å². The van der Waals surface area contributed by atoms with E-state index in [1.807, 2.05) is 79.7 Å². The minimum atomic E-state index is -0.344. The summed E-state index contributed by atoms with van der Waals surface area (Å²) in [5.41, 5.74) is 4.13. The number of carbonyl (C=O) groups excluding carboxylic acids is 1. The number of aromatic nitrogens is 1. The van der Waals surface area contributed by atoms with Crippen molar-refractivity contribution in [3.63, 3.8) is 0 Å². The van der Waals surface area contributed by atoms with Crippen molar-refractivity contribution in [2.24, 2.45) is 7.05 Å². The number of nitrogens with zero attached hydrogens (tertiary/aromatic N) is 2. The standard InChI is InChI=1S/C27H27ClN4O2/c1-31(2)17-19-11-7-8-12-23(19)30-27(34)29-16-24-25(18-9-5-4-6-10-18)22-15-20(28)13-14-21(22)26(33)32(24)3/h4-15H,16-17H2,1-3H3,(H2,29,30,34). The maximum atomic E-state index is 13.1. The Morgan fingerprint density at radius 1 is 0.971 bits per heavy atom. The molecule has 2 amide bonds. The van der Waals surface area contributed by atoms with Gasteiger partial charge >= 0.3 is 6.03 Å². The lowest BCUT2D eigenvalue weighted by Crippen LogP contribution is -2.32. The number of urea groups is 1. The van der Waals surface area contributed by atoms with Crippen LogP contribution in [0, 0.1) is 0 Å². The highest BCUT2D eigenvalue weighted by Crippen LogP contribution is 2.32. The third-order valence-corrected chi connectivity index (χ3v) is 5.95. The maximum Gasteiger partial charge on any atom is 0.319 e. The molecule has 0 spiro atoms. The molecule has 34 heavy (non-hydrogen) atoms. The molecule has 4 aromatic rings. The lowest BCUT2D eigenvalue weighted by atomic mass is 9.96. The number of anilines is 1. The molecule has 7 heteroatoms. The highest BCUT2D eigenvalue weighted by molar-refractivity contribution is 6.31. The third-order valence-electron chi connectivity index (χ3n) is 5.71. The number of fused-ring (bicyclic) bond motifs is 1. The lowest BCUT2D eigenvalue weighted by molar-refractivity contribution is 0.251. The quantitative estimate of drug-likeness (QED) is 0.401. The fourth-order valence-corrected chi connectivity index (χ4v) is 4.29. The Kier molecular flexibility index (Phi) is 7.01. The molecule has 0 bridgehead atoms. The summed E-state index contributed by atoms with van der Waals surface area (Å²) in [6.07, 6.45) is 0. The molecule has 0 atom stereocenters. The number of pyridine rings is 1. The van der Waals surface area contributed by atoms with Crippen LogP contribution in [0.5, 0.6) is 0 Å². The van der Waals surface area contributed by atoms with Crippen molar-refractivity contribution in [3.05, 3.63) is 99.4 Å². The predicted octanol–water partition coefficient (Wildman–Crippen LogP) is 5.24. The van der Waals surface area contributed by atoms with Crippen molar-refractivity contribution in [2.45, 2.75) is 13.1 Å². The van der Waals surface area contributed by atoms with Crippen LogP contribution in [-0.2, 0) is 20.1 Å². The molecule has 6 nitrogen and oxygen atoms in total. The summed E-state index contributed by atoms with van der Waals surface area (Å²) in [4.78, 5) is 28.0. The molecule has 0 saturated carbocycles. The molecule has 0 aliphatic heterocycles. The van der Waals surface area contributed by atoms with E-state index in [-0.39, 0.29) is 18.1 Å². The van der Waals surface area contributed by atoms with Crippen LogP contribution in [0.2, 0.25) is 5.02 Å². The Labute approximate surface area is 203 Å². The minimum absolute atomic E-state index is 0.139. The third kappa shape index (κ3) is 4.98. The average molecular weight is 475 g/mol. The SMILES string of the molecule is CN(C)Cc1ccccc1NC(=O)NCc1c(-c2ccccc2)c2cc(Cl)ccc2c(=O)n1C. The van der Waals surface area contributed by atoms with E-state index < -0.39 is 0 Å². The first-order valence-electron chi connectivity index (χ1n) is 11.0. The molecule has 0 fully saturated rings. The molecule has 174 valence electrons. The maximum absolute atomic E-state index is 13.1. The Morgan fingerprint density at radius 3 is 2.41 bits per heavy atom. The smallest absolute Gasteiger partial charge is 0.319 e. The van der Waals surface area contributed by atoms with Gasteiger partial charge in [-0.3, -0.25) is 4.79 Å². The molecule has 3 aromatic carbocycles. The molecule has 0 unspecified atom stereocenters. The second-order valence-corrected chi connectivity index (χ2v) is 8.88. The molecular formula is C27H27ClN4O2. The van der Waals surface area contributed by atoms with Crippen LogP contribution in [0.3, 0.4) is 0 Å². The van der Waals surface area contributed by atoms with Gasteiger partial charge in [0, 0.05) is 40.9 Å². The van der Waals surface area contributed by atoms with Crippen LogP contribution in [-0.4, -0.2) is 29.6 Å². The van der Waals surface area contributed by atoms with Crippen LogP contribution >= 0.6 is 11.6 Å². The number of rotatable bonds is 6. The first kappa shape index (κ1) is 23.5. The van der Waals surface area contributed by atoms with Gasteiger partial charge in [0.25, 0.3) is 5.56 Å². The number of hydrogen-bond acceptors (Lipinski definition) is 3. The number of halogens is 1. The van der Waals surface area contributed by atoms with Crippen LogP contribution in [0.25, 0.3) is 21.9 Å². The molecule has 0 radical (unpaired) electrons. The molecule has 0 saturated heterocycles. The second-order valence-electron chi connectivity index (χ2n) is 8.44. The van der Waals surface area contributed by atoms with Gasteiger partial charge in [0.2, 0.25) is 0 Å². The predicted molar refractivity (Wildman–Crippen MR) is 139 cm³/mol. The van der Waals surface area contributed by atoms with E-state index in [4.69, 9.17) is 11.6 Å². The van der Waals surface area contributed by atoms with Gasteiger partial charge in [-0.1, -0.05) is 60.1 Å². The van der Waals surface area contributed by atoms with Crippen molar-refractivity contribution >= 4 is 34.1 Å². The summed E-state index contributed by atoms with van der Waals surface area (Å²) >= 11 is 6.30. The van der Waals surface area contributed by atoms with E-state index in [9.17, 15) is 9.59 Å². The van der Waals surface area contributed by atoms with Gasteiger partial charge in [-0.05, 0) is 54.9 Å². The normalized spacial score (nSPS) is 11.1. The summed E-state index contributed by atoms with van der Waals surface area (Å²) in [5.74, 6) is 0. The van der Waals surface area contributed by atoms with Crippen molar-refractivity contribution < 1.29 is 4.79 Å². The molecular weight excluding hydrogens is 448 g/mol. The number of hydrogen-bond donors (Lipinski definition) is 2. The zero-order valence-electron chi connectivity index (χ0n) is 19.4. The van der Waals surface area contributed by atoms with Gasteiger partial charge in [0.1, 0.15) is 0 Å². The number of amides is 2. The Hall–Kier alpha value is -3.61. The van der Waals surface area contributed by atoms with Gasteiger partial charge in [-0.25, -0.2) is 4.79 Å². The highest BCUT2D eigenvalue weighted by atomic mass is 35.5. The fourth-order valence-electron chi connectivity index (χ4n) is 4.12. The van der Waals surface area contributed by atoms with Crippen molar-refractivity contribution in [1.29, 1.82) is 0 Å². The van der Waals surface area contributed by atoms with E-state index in [0.717, 1.165) is 27.8 Å². The molecule has 0 aliphatic rings. The molecule has 4 rings (SSSR count). The van der Waals surface area contributed by atoms with Crippen LogP contribution in [0.1, 0.15) is 11.3 Å². The zero-order chi connectivity index (χ0) is 24.2. The van der Waals surface area contributed by atoms with E-state index >= 15 is 0 Å². The Bertz CT molecular complexity index is 1400. The summed E-state index contributed by atoms with van der Waals surface area (Å²) in [7, 11) is 5.69. The highest BCUT2D eigenvalue weighted by Gasteiger charge is 2.18. The molecule has 2 N–H and O–H groups in total. The van der Waals surface area contributed by atoms with E-state index in [2.05, 4.69) is 10.6 Å². The van der Waals surface area contributed by atoms with Crippen molar-refractivity contribution in [3.8, 4) is 11.1 Å². The second kappa shape index (κ2) is 10.1. The molecule has 0 aliphatic carbocycles. The van der Waals surface area contributed by atoms with Crippen molar-refractivity contribution in [2.75, 3.05) is 19.4 Å². The number of nitrogens with one attached hydrogen (secondary N) is 2. The fraction of sp³-hybridized carbons (Fsp3) is 0.185. The topological polar surface area (TPSA) is 66.4 Å². The van der Waals surface area contributed by atoms with Gasteiger partial charge in [0.05, 0.1) is 6.54 Å². The van der Waals surface area contributed by atoms with Gasteiger partial charge in [-0.15, -0.1) is 0 Å². The Balaban J connectivity index is 1.70. The summed E-state index contributed by atoms with van der Waals surface area (Å²) in [6.45, 7) is 0.870. The largest absolute Gasteiger partial charge is 0.332 e. The zero-order valence-corrected chi connectivity index (χ0v) is 20.2. The monoisotopic (exact) mass is 474 g/mol. The Morgan fingerprint density at radius 2 is 1.68 bits per heavy atom. The number of benzene rings is 3. The summed E-state index contributed by atoms with van der Waals surface area (Å²) in [5, 5.41) is 7.76. The summed E-state index contributed by atoms with van der Waals surface area (Å²) < 4.78 is 1.60. The van der Waals surface area contributed by atoms with Crippen molar-refractivity contribution in [1.82, 2.24) is 14.8 Å². The first-order chi connectivity index (χ1) is 16.3. The molecule has 1 heterocycles. The first-order valence-corrected chi connectivity index (χ1v) is 11.4. The van der Waals surface area contributed by atoms with E-state index in [0.29, 0.717) is 22.6 Å². The van der Waals surface area contributed by atoms with Crippen LogP contribution in [0.15, 0.2) is 77.6 Å². The lowest BCUT2D eigenvalue weighted by Gasteiger charge is -2.19.